The molecule has 0 aromatic rings. The van der Waals surface area contributed by atoms with Crippen molar-refractivity contribution in [3.63, 3.8) is 0 Å². The molecule has 0 aromatic carbocycles. The number of ether oxygens (including phenoxy) is 2. The molecule has 5 rings (SSSR count). The van der Waals surface area contributed by atoms with E-state index in [0.29, 0.717) is 38.5 Å². The van der Waals surface area contributed by atoms with Crippen molar-refractivity contribution in [1.29, 1.82) is 0 Å². The summed E-state index contributed by atoms with van der Waals surface area (Å²) < 4.78 is 11.4. The number of rotatable bonds is 6. The maximum atomic E-state index is 11.4. The van der Waals surface area contributed by atoms with Gasteiger partial charge in [-0.05, 0) is 68.1 Å². The lowest BCUT2D eigenvalue weighted by atomic mass is 9.40. The Kier molecular flexibility index (Phi) is 7.28. The van der Waals surface area contributed by atoms with Crippen molar-refractivity contribution in [2.24, 2.45) is 34.0 Å². The van der Waals surface area contributed by atoms with Crippen molar-refractivity contribution in [2.75, 3.05) is 26.4 Å². The summed E-state index contributed by atoms with van der Waals surface area (Å²) in [6.07, 6.45) is -4.89. The molecule has 0 aromatic heterocycles. The molecule has 5 fully saturated rings. The molecule has 5 aliphatic rings. The monoisotopic (exact) mass is 532 g/mol. The third kappa shape index (κ3) is 3.73. The topological polar surface area (TPSA) is 201 Å². The average Bonchev–Trinajstić information content (AvgIpc) is 3.05. The zero-order valence-electron chi connectivity index (χ0n) is 21.4. The first-order valence-electron chi connectivity index (χ1n) is 13.7. The second-order valence-corrected chi connectivity index (χ2v) is 12.9. The number of hydrogen-bond acceptors (Lipinski definition) is 11. The first-order chi connectivity index (χ1) is 17.4. The van der Waals surface area contributed by atoms with Crippen LogP contribution in [0.3, 0.4) is 0 Å². The Morgan fingerprint density at radius 2 is 1.57 bits per heavy atom. The van der Waals surface area contributed by atoms with Gasteiger partial charge in [-0.3, -0.25) is 0 Å². The highest BCUT2D eigenvalue weighted by Gasteiger charge is 2.72. The van der Waals surface area contributed by atoms with E-state index in [2.05, 4.69) is 6.92 Å². The molecule has 14 atom stereocenters. The number of hydrogen-bond donors (Lipinski definition) is 9. The predicted molar refractivity (Wildman–Crippen MR) is 127 cm³/mol. The molecule has 214 valence electrons. The fraction of sp³-hybridized carbons (Fsp3) is 1.00. The van der Waals surface area contributed by atoms with Gasteiger partial charge in [0, 0.05) is 10.8 Å². The van der Waals surface area contributed by atoms with Gasteiger partial charge in [0.05, 0.1) is 38.6 Å². The van der Waals surface area contributed by atoms with Gasteiger partial charge in [0.15, 0.2) is 6.29 Å². The van der Waals surface area contributed by atoms with Crippen LogP contribution in [-0.2, 0) is 9.47 Å². The molecule has 4 aliphatic carbocycles. The Hall–Kier alpha value is -0.440. The molecule has 1 heterocycles. The molecule has 0 amide bonds. The second kappa shape index (κ2) is 9.59. The summed E-state index contributed by atoms with van der Waals surface area (Å²) in [5, 5.41) is 94.8. The minimum absolute atomic E-state index is 0.0104. The quantitative estimate of drug-likeness (QED) is 0.181. The van der Waals surface area contributed by atoms with E-state index in [9.17, 15) is 46.0 Å². The van der Waals surface area contributed by atoms with Gasteiger partial charge in [0.1, 0.15) is 30.0 Å². The molecule has 1 spiro atoms. The van der Waals surface area contributed by atoms with Crippen molar-refractivity contribution < 1.29 is 55.4 Å². The van der Waals surface area contributed by atoms with Gasteiger partial charge < -0.3 is 55.4 Å². The Balaban J connectivity index is 1.42. The second-order valence-electron chi connectivity index (χ2n) is 12.9. The van der Waals surface area contributed by atoms with Crippen LogP contribution in [0.15, 0.2) is 0 Å². The zero-order valence-corrected chi connectivity index (χ0v) is 21.4. The molecular weight excluding hydrogens is 488 g/mol. The lowest BCUT2D eigenvalue weighted by Crippen LogP contribution is -2.66. The van der Waals surface area contributed by atoms with Gasteiger partial charge in [-0.2, -0.15) is 0 Å². The van der Waals surface area contributed by atoms with Gasteiger partial charge in [0.25, 0.3) is 0 Å². The first kappa shape index (κ1) is 28.1. The van der Waals surface area contributed by atoms with Crippen LogP contribution in [0.25, 0.3) is 0 Å². The summed E-state index contributed by atoms with van der Waals surface area (Å²) in [7, 11) is 0. The Morgan fingerprint density at radius 1 is 0.838 bits per heavy atom. The summed E-state index contributed by atoms with van der Waals surface area (Å²) in [6.45, 7) is 0.486. The molecular formula is C26H44O11. The molecule has 2 bridgehead atoms. The van der Waals surface area contributed by atoms with Crippen LogP contribution in [0.2, 0.25) is 0 Å². The summed E-state index contributed by atoms with van der Waals surface area (Å²) in [4.78, 5) is 0. The highest BCUT2D eigenvalue weighted by molar-refractivity contribution is 5.22. The van der Waals surface area contributed by atoms with Crippen molar-refractivity contribution in [3.05, 3.63) is 0 Å². The van der Waals surface area contributed by atoms with Crippen LogP contribution in [0, 0.1) is 34.0 Å². The maximum absolute atomic E-state index is 11.4. The number of aliphatic hydroxyl groups is 9. The lowest BCUT2D eigenvalue weighted by molar-refractivity contribution is -0.318. The zero-order chi connectivity index (χ0) is 27.0. The molecule has 0 radical (unpaired) electrons. The molecule has 0 unspecified atom stereocenters. The molecule has 11 nitrogen and oxygen atoms in total. The summed E-state index contributed by atoms with van der Waals surface area (Å²) in [5.74, 6) is -0.368. The maximum Gasteiger partial charge on any atom is 0.186 e. The average molecular weight is 533 g/mol. The van der Waals surface area contributed by atoms with Crippen LogP contribution in [0.4, 0.5) is 0 Å². The molecule has 1 saturated heterocycles. The van der Waals surface area contributed by atoms with E-state index in [0.717, 1.165) is 6.42 Å². The highest BCUT2D eigenvalue weighted by Crippen LogP contribution is 2.72. The Bertz CT molecular complexity index is 843. The normalized spacial score (nSPS) is 57.6. The van der Waals surface area contributed by atoms with Gasteiger partial charge in [0.2, 0.25) is 0 Å². The largest absolute Gasteiger partial charge is 0.396 e. The predicted octanol–water partition coefficient (Wildman–Crippen LogP) is -2.15. The van der Waals surface area contributed by atoms with Crippen LogP contribution >= 0.6 is 0 Å². The standard InChI is InChI=1S/C26H44O11/c1-23-6-5-17(30)25(10-28,12-36-21-20(33)19(32)18(31)14(9-27)37-21)16(23)4-7-24-8-13(2-3-15(23)24)26(35,11-29)22(24)34/h13-22,27-35H,2-12H2,1H3/t13-,14-,15-,16-,17-,18-,19+,20-,21-,22-,23+,24-,25-,26+/m1/s1. The van der Waals surface area contributed by atoms with Crippen LogP contribution in [-0.4, -0.2) is 121 Å². The number of aliphatic hydroxyl groups excluding tert-OH is 8. The van der Waals surface area contributed by atoms with E-state index in [-0.39, 0.29) is 24.4 Å². The molecule has 1 aliphatic heterocycles. The smallest absolute Gasteiger partial charge is 0.186 e. The summed E-state index contributed by atoms with van der Waals surface area (Å²) in [6, 6.07) is 0. The van der Waals surface area contributed by atoms with Gasteiger partial charge in [-0.25, -0.2) is 0 Å². The van der Waals surface area contributed by atoms with Crippen molar-refractivity contribution in [3.8, 4) is 0 Å². The van der Waals surface area contributed by atoms with Gasteiger partial charge >= 0.3 is 0 Å². The first-order valence-corrected chi connectivity index (χ1v) is 13.7. The van der Waals surface area contributed by atoms with Gasteiger partial charge in [-0.15, -0.1) is 0 Å². The number of fused-ring (bicyclic) bond motifs is 3. The third-order valence-corrected chi connectivity index (χ3v) is 11.6. The van der Waals surface area contributed by atoms with Crippen molar-refractivity contribution in [1.82, 2.24) is 0 Å². The summed E-state index contributed by atoms with van der Waals surface area (Å²) >= 11 is 0. The van der Waals surface area contributed by atoms with Crippen molar-refractivity contribution >= 4 is 0 Å². The highest BCUT2D eigenvalue weighted by atomic mass is 16.7. The van der Waals surface area contributed by atoms with E-state index >= 15 is 0 Å². The van der Waals surface area contributed by atoms with Crippen LogP contribution < -0.4 is 0 Å². The van der Waals surface area contributed by atoms with E-state index < -0.39 is 84.6 Å². The summed E-state index contributed by atoms with van der Waals surface area (Å²) in [5.41, 5.74) is -3.58. The van der Waals surface area contributed by atoms with Crippen LogP contribution in [0.5, 0.6) is 0 Å². The SMILES string of the molecule is C[C@@]12CC[C@@H](O)[C@](CO)(CO[C@@H]3O[C@H](CO)[C@@H](O)[C@H](O)[C@H]3O)[C@@H]1CC[C@@]13C[C@@H](CC[C@H]21)[C@@](O)(CO)[C@@H]3O. The van der Waals surface area contributed by atoms with Gasteiger partial charge in [-0.1, -0.05) is 6.92 Å². The third-order valence-electron chi connectivity index (χ3n) is 11.6. The van der Waals surface area contributed by atoms with E-state index in [1.54, 1.807) is 0 Å². The molecule has 37 heavy (non-hydrogen) atoms. The van der Waals surface area contributed by atoms with E-state index in [1.807, 2.05) is 0 Å². The van der Waals surface area contributed by atoms with E-state index in [4.69, 9.17) is 9.47 Å². The fourth-order valence-electron chi connectivity index (χ4n) is 9.57. The molecule has 11 heteroatoms. The molecule has 9 N–H and O–H groups in total. The van der Waals surface area contributed by atoms with Crippen LogP contribution in [0.1, 0.15) is 51.9 Å². The minimum atomic E-state index is -1.60. The fourth-order valence-corrected chi connectivity index (χ4v) is 9.57. The van der Waals surface area contributed by atoms with E-state index in [1.165, 1.54) is 0 Å². The Labute approximate surface area is 216 Å². The van der Waals surface area contributed by atoms with Crippen molar-refractivity contribution in [2.45, 2.75) is 100 Å². The lowest BCUT2D eigenvalue weighted by Gasteiger charge is -2.66. The minimum Gasteiger partial charge on any atom is -0.396 e. The molecule has 4 saturated carbocycles. The Morgan fingerprint density at radius 3 is 2.22 bits per heavy atom.